The molecule has 1 aromatic rings. The molecule has 0 bridgehead atoms. The largest absolute Gasteiger partial charge is 0.357 e. The summed E-state index contributed by atoms with van der Waals surface area (Å²) in [7, 11) is 3.96. The highest BCUT2D eigenvalue weighted by molar-refractivity contribution is 5.32. The molecule has 0 unspecified atom stereocenters. The van der Waals surface area contributed by atoms with Crippen molar-refractivity contribution in [3.8, 4) is 0 Å². The van der Waals surface area contributed by atoms with Gasteiger partial charge in [0.25, 0.3) is 0 Å². The highest BCUT2D eigenvalue weighted by atomic mass is 15.4. The predicted octanol–water partition coefficient (Wildman–Crippen LogP) is -0.150. The van der Waals surface area contributed by atoms with Gasteiger partial charge in [0.1, 0.15) is 0 Å². The van der Waals surface area contributed by atoms with E-state index in [4.69, 9.17) is 0 Å². The molecular formula is C7H15N5. The number of aromatic amines is 1. The summed E-state index contributed by atoms with van der Waals surface area (Å²) in [5.41, 5.74) is 0. The van der Waals surface area contributed by atoms with Crippen LogP contribution >= 0.6 is 0 Å². The second-order valence-electron chi connectivity index (χ2n) is 2.71. The summed E-state index contributed by atoms with van der Waals surface area (Å²) in [4.78, 5) is 2.07. The Morgan fingerprint density at radius 1 is 1.67 bits per heavy atom. The summed E-state index contributed by atoms with van der Waals surface area (Å²) in [5, 5.41) is 13.4. The SMILES string of the molecule is CNCCCN(C)c1cn[nH]n1. The molecule has 0 amide bonds. The fourth-order valence-corrected chi connectivity index (χ4v) is 0.987. The molecule has 68 valence electrons. The summed E-state index contributed by atoms with van der Waals surface area (Å²) in [5.74, 6) is 0.895. The van der Waals surface area contributed by atoms with Gasteiger partial charge in [0.2, 0.25) is 0 Å². The van der Waals surface area contributed by atoms with E-state index < -0.39 is 0 Å². The van der Waals surface area contributed by atoms with E-state index in [1.807, 2.05) is 14.1 Å². The molecule has 0 fully saturated rings. The molecule has 12 heavy (non-hydrogen) atoms. The van der Waals surface area contributed by atoms with Crippen molar-refractivity contribution in [1.29, 1.82) is 0 Å². The molecule has 0 aliphatic heterocycles. The van der Waals surface area contributed by atoms with E-state index >= 15 is 0 Å². The third kappa shape index (κ3) is 2.50. The summed E-state index contributed by atoms with van der Waals surface area (Å²) >= 11 is 0. The highest BCUT2D eigenvalue weighted by Gasteiger charge is 2.01. The van der Waals surface area contributed by atoms with Crippen molar-refractivity contribution in [2.45, 2.75) is 6.42 Å². The summed E-state index contributed by atoms with van der Waals surface area (Å²) in [6.45, 7) is 2.02. The van der Waals surface area contributed by atoms with Gasteiger partial charge in [-0.25, -0.2) is 0 Å². The summed E-state index contributed by atoms with van der Waals surface area (Å²) in [6.07, 6.45) is 2.83. The van der Waals surface area contributed by atoms with Crippen LogP contribution in [0.2, 0.25) is 0 Å². The average Bonchev–Trinajstić information content (AvgIpc) is 2.56. The van der Waals surface area contributed by atoms with Crippen LogP contribution < -0.4 is 10.2 Å². The van der Waals surface area contributed by atoms with E-state index in [0.717, 1.165) is 25.3 Å². The lowest BCUT2D eigenvalue weighted by Crippen LogP contribution is -2.22. The van der Waals surface area contributed by atoms with Gasteiger partial charge in [-0.05, 0) is 20.0 Å². The van der Waals surface area contributed by atoms with Crippen LogP contribution in [0.5, 0.6) is 0 Å². The number of nitrogens with one attached hydrogen (secondary N) is 2. The smallest absolute Gasteiger partial charge is 0.170 e. The highest BCUT2D eigenvalue weighted by Crippen LogP contribution is 2.03. The molecule has 1 rings (SSSR count). The molecule has 0 aliphatic carbocycles. The number of rotatable bonds is 5. The molecule has 0 saturated heterocycles. The zero-order chi connectivity index (χ0) is 8.81. The van der Waals surface area contributed by atoms with Gasteiger partial charge in [-0.2, -0.15) is 10.3 Å². The van der Waals surface area contributed by atoms with Crippen molar-refractivity contribution in [3.63, 3.8) is 0 Å². The Morgan fingerprint density at radius 3 is 3.08 bits per heavy atom. The number of H-pyrrole nitrogens is 1. The lowest BCUT2D eigenvalue weighted by Gasteiger charge is -2.14. The topological polar surface area (TPSA) is 56.8 Å². The van der Waals surface area contributed by atoms with Crippen molar-refractivity contribution in [2.24, 2.45) is 0 Å². The minimum Gasteiger partial charge on any atom is -0.357 e. The number of hydrogen-bond donors (Lipinski definition) is 2. The molecule has 1 aromatic heterocycles. The fraction of sp³-hybridized carbons (Fsp3) is 0.714. The monoisotopic (exact) mass is 169 g/mol. The molecule has 0 aliphatic rings. The minimum atomic E-state index is 0.895. The van der Waals surface area contributed by atoms with E-state index in [1.165, 1.54) is 0 Å². The van der Waals surface area contributed by atoms with E-state index in [2.05, 4.69) is 25.6 Å². The lowest BCUT2D eigenvalue weighted by molar-refractivity contribution is 0.708. The second kappa shape index (κ2) is 4.71. The van der Waals surface area contributed by atoms with Crippen LogP contribution in [-0.2, 0) is 0 Å². The van der Waals surface area contributed by atoms with Gasteiger partial charge in [0.05, 0.1) is 6.20 Å². The van der Waals surface area contributed by atoms with E-state index in [9.17, 15) is 0 Å². The van der Waals surface area contributed by atoms with Crippen LogP contribution in [0, 0.1) is 0 Å². The molecule has 5 nitrogen and oxygen atoms in total. The molecule has 0 radical (unpaired) electrons. The van der Waals surface area contributed by atoms with Crippen molar-refractivity contribution in [2.75, 3.05) is 32.1 Å². The number of anilines is 1. The van der Waals surface area contributed by atoms with Crippen molar-refractivity contribution >= 4 is 5.82 Å². The van der Waals surface area contributed by atoms with Crippen LogP contribution in [0.25, 0.3) is 0 Å². The molecule has 5 heteroatoms. The Kier molecular flexibility index (Phi) is 3.53. The van der Waals surface area contributed by atoms with Crippen LogP contribution in [0.4, 0.5) is 5.82 Å². The van der Waals surface area contributed by atoms with Gasteiger partial charge in [0.15, 0.2) is 5.82 Å². The van der Waals surface area contributed by atoms with E-state index in [1.54, 1.807) is 6.20 Å². The predicted molar refractivity (Wildman–Crippen MR) is 48.2 cm³/mol. The van der Waals surface area contributed by atoms with Crippen LogP contribution in [-0.4, -0.2) is 42.6 Å². The number of hydrogen-bond acceptors (Lipinski definition) is 4. The molecule has 1 heterocycles. The molecular weight excluding hydrogens is 154 g/mol. The lowest BCUT2D eigenvalue weighted by atomic mass is 10.4. The zero-order valence-electron chi connectivity index (χ0n) is 7.54. The standard InChI is InChI=1S/C7H15N5/c1-8-4-3-5-12(2)7-6-9-11-10-7/h6,8H,3-5H2,1-2H3,(H,9,10,11). The first kappa shape index (κ1) is 8.99. The molecule has 0 aromatic carbocycles. The Labute approximate surface area is 72.2 Å². The Balaban J connectivity index is 2.25. The van der Waals surface area contributed by atoms with Crippen molar-refractivity contribution in [3.05, 3.63) is 6.20 Å². The first-order valence-electron chi connectivity index (χ1n) is 4.06. The Morgan fingerprint density at radius 2 is 2.50 bits per heavy atom. The van der Waals surface area contributed by atoms with Crippen molar-refractivity contribution in [1.82, 2.24) is 20.7 Å². The fourth-order valence-electron chi connectivity index (χ4n) is 0.987. The minimum absolute atomic E-state index is 0.895. The van der Waals surface area contributed by atoms with Gasteiger partial charge in [-0.3, -0.25) is 0 Å². The third-order valence-electron chi connectivity index (χ3n) is 1.71. The van der Waals surface area contributed by atoms with Gasteiger partial charge in [-0.1, -0.05) is 0 Å². The summed E-state index contributed by atoms with van der Waals surface area (Å²) in [6, 6.07) is 0. The molecule has 2 N–H and O–H groups in total. The maximum Gasteiger partial charge on any atom is 0.170 e. The first-order chi connectivity index (χ1) is 5.84. The molecule has 0 atom stereocenters. The Bertz CT molecular complexity index is 196. The Hall–Kier alpha value is -1.10. The van der Waals surface area contributed by atoms with Crippen LogP contribution in [0.15, 0.2) is 6.20 Å². The van der Waals surface area contributed by atoms with Gasteiger partial charge < -0.3 is 10.2 Å². The van der Waals surface area contributed by atoms with Crippen LogP contribution in [0.1, 0.15) is 6.42 Å². The van der Waals surface area contributed by atoms with Crippen molar-refractivity contribution < 1.29 is 0 Å². The van der Waals surface area contributed by atoms with Crippen LogP contribution in [0.3, 0.4) is 0 Å². The maximum atomic E-state index is 3.96. The van der Waals surface area contributed by atoms with Gasteiger partial charge in [0, 0.05) is 13.6 Å². The van der Waals surface area contributed by atoms with Gasteiger partial charge >= 0.3 is 0 Å². The maximum absolute atomic E-state index is 3.96. The van der Waals surface area contributed by atoms with Gasteiger partial charge in [-0.15, -0.1) is 5.10 Å². The second-order valence-corrected chi connectivity index (χ2v) is 2.71. The number of nitrogens with zero attached hydrogens (tertiary/aromatic N) is 3. The quantitative estimate of drug-likeness (QED) is 0.602. The van der Waals surface area contributed by atoms with E-state index in [0.29, 0.717) is 0 Å². The number of aromatic nitrogens is 3. The van der Waals surface area contributed by atoms with E-state index in [-0.39, 0.29) is 0 Å². The normalized spacial score (nSPS) is 10.2. The zero-order valence-corrected chi connectivity index (χ0v) is 7.54. The summed E-state index contributed by atoms with van der Waals surface area (Å²) < 4.78 is 0. The first-order valence-corrected chi connectivity index (χ1v) is 4.06. The molecule has 0 spiro atoms. The third-order valence-corrected chi connectivity index (χ3v) is 1.71. The molecule has 0 saturated carbocycles. The average molecular weight is 169 g/mol.